The number of aryl methyl sites for hydroxylation is 3. The normalized spacial score (nSPS) is 10.5. The summed E-state index contributed by atoms with van der Waals surface area (Å²) in [5, 5.41) is 3.35. The minimum absolute atomic E-state index is 0.256. The molecule has 0 radical (unpaired) electrons. The van der Waals surface area contributed by atoms with Gasteiger partial charge in [0.1, 0.15) is 5.82 Å². The Morgan fingerprint density at radius 3 is 2.74 bits per heavy atom. The molecule has 0 saturated carbocycles. The average Bonchev–Trinajstić information content (AvgIpc) is 2.69. The minimum atomic E-state index is -0.340. The van der Waals surface area contributed by atoms with E-state index in [0.29, 0.717) is 16.3 Å². The van der Waals surface area contributed by atoms with Crippen LogP contribution in [0.4, 0.5) is 9.52 Å². The molecule has 0 atom stereocenters. The zero-order valence-electron chi connectivity index (χ0n) is 11.1. The SMILES string of the molecule is CCc1nc(NC(=O)c2ccc(F)cc2C)sc1C. The molecule has 1 amide bonds. The molecule has 1 aromatic heterocycles. The molecule has 0 unspecified atom stereocenters. The fourth-order valence-corrected chi connectivity index (χ4v) is 2.75. The van der Waals surface area contributed by atoms with Gasteiger partial charge in [0.05, 0.1) is 5.69 Å². The zero-order valence-corrected chi connectivity index (χ0v) is 11.9. The van der Waals surface area contributed by atoms with Crippen LogP contribution < -0.4 is 5.32 Å². The molecule has 0 aliphatic carbocycles. The molecule has 2 rings (SSSR count). The number of hydrogen-bond acceptors (Lipinski definition) is 3. The molecule has 19 heavy (non-hydrogen) atoms. The van der Waals surface area contributed by atoms with E-state index in [1.165, 1.54) is 29.5 Å². The molecule has 1 heterocycles. The lowest BCUT2D eigenvalue weighted by molar-refractivity contribution is 0.102. The number of carbonyl (C=O) groups excluding carboxylic acids is 1. The predicted molar refractivity (Wildman–Crippen MR) is 75.3 cm³/mol. The molecule has 0 aliphatic heterocycles. The van der Waals surface area contributed by atoms with Crippen LogP contribution in [0.25, 0.3) is 0 Å². The molecule has 1 N–H and O–H groups in total. The van der Waals surface area contributed by atoms with Gasteiger partial charge >= 0.3 is 0 Å². The van der Waals surface area contributed by atoms with Gasteiger partial charge in [-0.3, -0.25) is 10.1 Å². The van der Waals surface area contributed by atoms with Gasteiger partial charge in [0, 0.05) is 10.4 Å². The van der Waals surface area contributed by atoms with Crippen LogP contribution in [0.15, 0.2) is 18.2 Å². The smallest absolute Gasteiger partial charge is 0.257 e. The fraction of sp³-hybridized carbons (Fsp3) is 0.286. The standard InChI is InChI=1S/C14H15FN2OS/c1-4-12-9(3)19-14(16-12)17-13(18)11-6-5-10(15)7-8(11)2/h5-7H,4H2,1-3H3,(H,16,17,18). The van der Waals surface area contributed by atoms with E-state index in [1.54, 1.807) is 6.92 Å². The van der Waals surface area contributed by atoms with Crippen molar-refractivity contribution in [3.63, 3.8) is 0 Å². The summed E-state index contributed by atoms with van der Waals surface area (Å²) in [7, 11) is 0. The van der Waals surface area contributed by atoms with Gasteiger partial charge in [0.25, 0.3) is 5.91 Å². The van der Waals surface area contributed by atoms with E-state index in [1.807, 2.05) is 13.8 Å². The summed E-state index contributed by atoms with van der Waals surface area (Å²) in [6.45, 7) is 5.72. The van der Waals surface area contributed by atoms with Crippen LogP contribution in [0, 0.1) is 19.7 Å². The highest BCUT2D eigenvalue weighted by atomic mass is 32.1. The van der Waals surface area contributed by atoms with Crippen molar-refractivity contribution in [2.45, 2.75) is 27.2 Å². The van der Waals surface area contributed by atoms with Crippen LogP contribution in [-0.2, 0) is 6.42 Å². The molecular formula is C14H15FN2OS. The van der Waals surface area contributed by atoms with Crippen molar-refractivity contribution in [3.8, 4) is 0 Å². The number of nitrogens with zero attached hydrogens (tertiary/aromatic N) is 1. The molecule has 1 aromatic carbocycles. The van der Waals surface area contributed by atoms with Crippen LogP contribution >= 0.6 is 11.3 Å². The molecule has 0 aliphatic rings. The van der Waals surface area contributed by atoms with E-state index in [-0.39, 0.29) is 11.7 Å². The van der Waals surface area contributed by atoms with Crippen LogP contribution in [-0.4, -0.2) is 10.9 Å². The highest BCUT2D eigenvalue weighted by molar-refractivity contribution is 7.15. The Labute approximate surface area is 115 Å². The van der Waals surface area contributed by atoms with E-state index in [0.717, 1.165) is 17.0 Å². The lowest BCUT2D eigenvalue weighted by Crippen LogP contribution is -2.13. The lowest BCUT2D eigenvalue weighted by atomic mass is 10.1. The Morgan fingerprint density at radius 1 is 1.42 bits per heavy atom. The molecule has 3 nitrogen and oxygen atoms in total. The van der Waals surface area contributed by atoms with Crippen molar-refractivity contribution >= 4 is 22.4 Å². The maximum atomic E-state index is 13.0. The van der Waals surface area contributed by atoms with Crippen LogP contribution in [0.2, 0.25) is 0 Å². The fourth-order valence-electron chi connectivity index (χ4n) is 1.86. The molecule has 0 fully saturated rings. The topological polar surface area (TPSA) is 42.0 Å². The highest BCUT2D eigenvalue weighted by Crippen LogP contribution is 2.23. The predicted octanol–water partition coefficient (Wildman–Crippen LogP) is 3.71. The lowest BCUT2D eigenvalue weighted by Gasteiger charge is -2.05. The summed E-state index contributed by atoms with van der Waals surface area (Å²) < 4.78 is 13.0. The number of carbonyl (C=O) groups is 1. The summed E-state index contributed by atoms with van der Waals surface area (Å²) in [4.78, 5) is 17.5. The largest absolute Gasteiger partial charge is 0.298 e. The number of aromatic nitrogens is 1. The van der Waals surface area contributed by atoms with E-state index in [9.17, 15) is 9.18 Å². The average molecular weight is 278 g/mol. The van der Waals surface area contributed by atoms with Crippen molar-refractivity contribution in [1.82, 2.24) is 4.98 Å². The van der Waals surface area contributed by atoms with Gasteiger partial charge in [-0.1, -0.05) is 6.92 Å². The van der Waals surface area contributed by atoms with E-state index in [2.05, 4.69) is 10.3 Å². The third-order valence-corrected chi connectivity index (χ3v) is 3.81. The minimum Gasteiger partial charge on any atom is -0.298 e. The summed E-state index contributed by atoms with van der Waals surface area (Å²) >= 11 is 1.45. The van der Waals surface area contributed by atoms with Crippen LogP contribution in [0.1, 0.15) is 33.4 Å². The van der Waals surface area contributed by atoms with E-state index < -0.39 is 0 Å². The number of thiazole rings is 1. The van der Waals surface area contributed by atoms with Crippen molar-refractivity contribution in [1.29, 1.82) is 0 Å². The van der Waals surface area contributed by atoms with Gasteiger partial charge in [0.2, 0.25) is 0 Å². The molecular weight excluding hydrogens is 263 g/mol. The number of rotatable bonds is 3. The molecule has 5 heteroatoms. The quantitative estimate of drug-likeness (QED) is 0.929. The van der Waals surface area contributed by atoms with Crippen molar-refractivity contribution in [2.24, 2.45) is 0 Å². The molecule has 0 saturated heterocycles. The first-order valence-electron chi connectivity index (χ1n) is 6.05. The Bertz CT molecular complexity index is 622. The highest BCUT2D eigenvalue weighted by Gasteiger charge is 2.13. The molecule has 100 valence electrons. The number of anilines is 1. The Hall–Kier alpha value is -1.75. The number of nitrogens with one attached hydrogen (secondary N) is 1. The monoisotopic (exact) mass is 278 g/mol. The van der Waals surface area contributed by atoms with E-state index >= 15 is 0 Å². The second-order valence-electron chi connectivity index (χ2n) is 4.29. The summed E-state index contributed by atoms with van der Waals surface area (Å²) in [6, 6.07) is 4.12. The van der Waals surface area contributed by atoms with Crippen molar-refractivity contribution < 1.29 is 9.18 Å². The van der Waals surface area contributed by atoms with Gasteiger partial charge < -0.3 is 0 Å². The first kappa shape index (κ1) is 13.7. The summed E-state index contributed by atoms with van der Waals surface area (Å²) in [5.74, 6) is -0.596. The Morgan fingerprint density at radius 2 is 2.16 bits per heavy atom. The Kier molecular flexibility index (Phi) is 3.95. The third kappa shape index (κ3) is 2.98. The van der Waals surface area contributed by atoms with Gasteiger partial charge in [0.15, 0.2) is 5.13 Å². The Balaban J connectivity index is 2.20. The number of halogens is 1. The van der Waals surface area contributed by atoms with Gasteiger partial charge in [-0.25, -0.2) is 9.37 Å². The first-order chi connectivity index (χ1) is 9.01. The molecule has 0 bridgehead atoms. The van der Waals surface area contributed by atoms with Crippen LogP contribution in [0.5, 0.6) is 0 Å². The molecule has 0 spiro atoms. The third-order valence-electron chi connectivity index (χ3n) is 2.88. The maximum absolute atomic E-state index is 13.0. The maximum Gasteiger partial charge on any atom is 0.257 e. The van der Waals surface area contributed by atoms with Crippen molar-refractivity contribution in [3.05, 3.63) is 45.7 Å². The summed E-state index contributed by atoms with van der Waals surface area (Å²) in [6.07, 6.45) is 0.841. The van der Waals surface area contributed by atoms with Gasteiger partial charge in [-0.2, -0.15) is 0 Å². The number of benzene rings is 1. The second-order valence-corrected chi connectivity index (χ2v) is 5.49. The second kappa shape index (κ2) is 5.48. The van der Waals surface area contributed by atoms with Gasteiger partial charge in [-0.15, -0.1) is 11.3 Å². The summed E-state index contributed by atoms with van der Waals surface area (Å²) in [5.41, 5.74) is 2.07. The number of hydrogen-bond donors (Lipinski definition) is 1. The first-order valence-corrected chi connectivity index (χ1v) is 6.86. The van der Waals surface area contributed by atoms with Gasteiger partial charge in [-0.05, 0) is 44.0 Å². The molecule has 2 aromatic rings. The van der Waals surface area contributed by atoms with Crippen molar-refractivity contribution in [2.75, 3.05) is 5.32 Å². The zero-order chi connectivity index (χ0) is 14.0. The van der Waals surface area contributed by atoms with E-state index in [4.69, 9.17) is 0 Å². The van der Waals surface area contributed by atoms with Crippen LogP contribution in [0.3, 0.4) is 0 Å². The number of amides is 1.